The molecule has 1 heterocycles. The van der Waals surface area contributed by atoms with Crippen LogP contribution >= 0.6 is 0 Å². The number of fused-ring (bicyclic) bond motifs is 1. The van der Waals surface area contributed by atoms with E-state index in [0.717, 1.165) is 25.1 Å². The molecule has 4 nitrogen and oxygen atoms in total. The molecule has 0 aromatic heterocycles. The van der Waals surface area contributed by atoms with Crippen LogP contribution in [-0.4, -0.2) is 43.3 Å². The Morgan fingerprint density at radius 2 is 1.93 bits per heavy atom. The molecule has 1 aliphatic heterocycles. The van der Waals surface area contributed by atoms with Crippen LogP contribution < -0.4 is 10.1 Å². The predicted molar refractivity (Wildman–Crippen MR) is 101 cm³/mol. The van der Waals surface area contributed by atoms with Gasteiger partial charge in [0.1, 0.15) is 5.75 Å². The Balaban J connectivity index is 1.38. The number of alkyl halides is 3. The molecule has 2 unspecified atom stereocenters. The molecule has 0 spiro atoms. The third-order valence-corrected chi connectivity index (χ3v) is 5.35. The zero-order valence-corrected chi connectivity index (χ0v) is 16.6. The van der Waals surface area contributed by atoms with Gasteiger partial charge in [-0.15, -0.1) is 13.2 Å². The number of piperidine rings is 1. The molecular formula is C21H28F3N2O2. The highest BCUT2D eigenvalue weighted by Gasteiger charge is 2.54. The van der Waals surface area contributed by atoms with Gasteiger partial charge in [-0.2, -0.15) is 0 Å². The maximum atomic E-state index is 12.3. The van der Waals surface area contributed by atoms with Gasteiger partial charge < -0.3 is 10.1 Å². The van der Waals surface area contributed by atoms with E-state index in [1.165, 1.54) is 12.1 Å². The predicted octanol–water partition coefficient (Wildman–Crippen LogP) is 3.87. The van der Waals surface area contributed by atoms with Crippen molar-refractivity contribution in [3.05, 3.63) is 36.2 Å². The summed E-state index contributed by atoms with van der Waals surface area (Å²) in [5, 5.41) is 2.98. The molecule has 3 rings (SSSR count). The highest BCUT2D eigenvalue weighted by Crippen LogP contribution is 2.54. The fraction of sp³-hybridized carbons (Fsp3) is 0.619. The number of benzene rings is 1. The molecule has 1 N–H and O–H groups in total. The first-order valence-corrected chi connectivity index (χ1v) is 9.68. The highest BCUT2D eigenvalue weighted by molar-refractivity contribution is 5.78. The van der Waals surface area contributed by atoms with Crippen molar-refractivity contribution in [2.75, 3.05) is 26.2 Å². The number of ether oxygens (including phenoxy) is 1. The van der Waals surface area contributed by atoms with Crippen molar-refractivity contribution in [1.82, 2.24) is 10.2 Å². The molecule has 1 amide bonds. The fourth-order valence-electron chi connectivity index (χ4n) is 3.95. The lowest BCUT2D eigenvalue weighted by Gasteiger charge is -2.22. The summed E-state index contributed by atoms with van der Waals surface area (Å²) in [5.41, 5.74) is 0.816. The molecule has 2 aliphatic rings. The molecule has 2 fully saturated rings. The summed E-state index contributed by atoms with van der Waals surface area (Å²) >= 11 is 0. The van der Waals surface area contributed by atoms with E-state index in [0.29, 0.717) is 30.8 Å². The van der Waals surface area contributed by atoms with E-state index in [2.05, 4.69) is 35.7 Å². The zero-order chi connectivity index (χ0) is 20.5. The minimum absolute atomic E-state index is 0.0702. The molecule has 1 aliphatic carbocycles. The lowest BCUT2D eigenvalue weighted by atomic mass is 9.97. The van der Waals surface area contributed by atoms with Crippen LogP contribution in [0.3, 0.4) is 0 Å². The van der Waals surface area contributed by atoms with E-state index in [1.54, 1.807) is 12.1 Å². The molecule has 1 radical (unpaired) electrons. The monoisotopic (exact) mass is 397 g/mol. The first-order valence-electron chi connectivity index (χ1n) is 9.68. The molecule has 1 aromatic carbocycles. The maximum absolute atomic E-state index is 12.3. The minimum atomic E-state index is -4.67. The molecule has 1 saturated heterocycles. The average molecular weight is 397 g/mol. The first kappa shape index (κ1) is 21.0. The van der Waals surface area contributed by atoms with Gasteiger partial charge in [-0.1, -0.05) is 32.9 Å². The van der Waals surface area contributed by atoms with Crippen LogP contribution in [0.25, 0.3) is 0 Å². The summed E-state index contributed by atoms with van der Waals surface area (Å²) in [6.07, 6.45) is -1.85. The van der Waals surface area contributed by atoms with Crippen LogP contribution in [0.15, 0.2) is 24.3 Å². The summed E-state index contributed by atoms with van der Waals surface area (Å²) < 4.78 is 40.9. The fourth-order valence-corrected chi connectivity index (χ4v) is 3.95. The topological polar surface area (TPSA) is 41.6 Å². The third kappa shape index (κ3) is 6.12. The second-order valence-electron chi connectivity index (χ2n) is 9.08. The van der Waals surface area contributed by atoms with Crippen molar-refractivity contribution in [2.24, 2.45) is 23.2 Å². The van der Waals surface area contributed by atoms with Crippen LogP contribution in [0.2, 0.25) is 0 Å². The summed E-state index contributed by atoms with van der Waals surface area (Å²) in [6, 6.07) is 6.07. The summed E-state index contributed by atoms with van der Waals surface area (Å²) in [4.78, 5) is 14.2. The van der Waals surface area contributed by atoms with Crippen LogP contribution in [0.1, 0.15) is 32.8 Å². The number of carbonyl (C=O) groups excluding carboxylic acids is 1. The van der Waals surface area contributed by atoms with Crippen molar-refractivity contribution < 1.29 is 22.7 Å². The lowest BCUT2D eigenvalue weighted by molar-refractivity contribution is -0.274. The van der Waals surface area contributed by atoms with Crippen molar-refractivity contribution in [2.45, 2.75) is 33.6 Å². The number of nitrogens with one attached hydrogen (secondary N) is 1. The summed E-state index contributed by atoms with van der Waals surface area (Å²) in [5.74, 6) is 1.61. The minimum Gasteiger partial charge on any atom is -0.406 e. The normalized spacial score (nSPS) is 24.7. The number of rotatable bonds is 7. The van der Waals surface area contributed by atoms with E-state index in [-0.39, 0.29) is 17.1 Å². The van der Waals surface area contributed by atoms with Crippen LogP contribution in [0, 0.1) is 29.6 Å². The number of halogens is 3. The van der Waals surface area contributed by atoms with Gasteiger partial charge in [0, 0.05) is 19.6 Å². The lowest BCUT2D eigenvalue weighted by Crippen LogP contribution is -2.40. The Labute approximate surface area is 164 Å². The number of hydrogen-bond donors (Lipinski definition) is 1. The Hall–Kier alpha value is -1.76. The Morgan fingerprint density at radius 1 is 1.25 bits per heavy atom. The SMILES string of the molecule is CC(C)(C)CNC(=O)CN1CC2C(C[CH]c3cccc(OC(F)(F)F)c3)C2C1. The largest absolute Gasteiger partial charge is 0.573 e. The van der Waals surface area contributed by atoms with Crippen molar-refractivity contribution in [1.29, 1.82) is 0 Å². The first-order chi connectivity index (χ1) is 13.0. The number of nitrogens with zero attached hydrogens (tertiary/aromatic N) is 1. The molecule has 1 aromatic rings. The molecule has 28 heavy (non-hydrogen) atoms. The third-order valence-electron chi connectivity index (χ3n) is 5.35. The summed E-state index contributed by atoms with van der Waals surface area (Å²) in [7, 11) is 0. The van der Waals surface area contributed by atoms with Crippen molar-refractivity contribution in [3.8, 4) is 5.75 Å². The van der Waals surface area contributed by atoms with Gasteiger partial charge in [-0.25, -0.2) is 0 Å². The Bertz CT molecular complexity index is 688. The standard InChI is InChI=1S/C21H28F3N2O2/c1-20(2,3)13-25-19(27)12-26-10-17-16(18(17)11-26)8-7-14-5-4-6-15(9-14)28-21(22,23)24/h4-7,9,16-18H,8,10-13H2,1-3H3,(H,25,27). The van der Waals surface area contributed by atoms with E-state index >= 15 is 0 Å². The van der Waals surface area contributed by atoms with Gasteiger partial charge in [0.15, 0.2) is 0 Å². The van der Waals surface area contributed by atoms with Gasteiger partial charge in [-0.05, 0) is 53.7 Å². The van der Waals surface area contributed by atoms with E-state index in [9.17, 15) is 18.0 Å². The molecule has 155 valence electrons. The van der Waals surface area contributed by atoms with Gasteiger partial charge in [0.25, 0.3) is 0 Å². The van der Waals surface area contributed by atoms with Crippen LogP contribution in [-0.2, 0) is 4.79 Å². The number of hydrogen-bond acceptors (Lipinski definition) is 3. The second-order valence-corrected chi connectivity index (χ2v) is 9.08. The van der Waals surface area contributed by atoms with Crippen molar-refractivity contribution in [3.63, 3.8) is 0 Å². The molecular weight excluding hydrogens is 369 g/mol. The Kier molecular flexibility index (Phi) is 5.94. The number of likely N-dealkylation sites (tertiary alicyclic amines) is 1. The van der Waals surface area contributed by atoms with Crippen LogP contribution in [0.4, 0.5) is 13.2 Å². The smallest absolute Gasteiger partial charge is 0.406 e. The quantitative estimate of drug-likeness (QED) is 0.760. The zero-order valence-electron chi connectivity index (χ0n) is 16.6. The summed E-state index contributed by atoms with van der Waals surface area (Å²) in [6.45, 7) is 9.21. The van der Waals surface area contributed by atoms with E-state index < -0.39 is 6.36 Å². The van der Waals surface area contributed by atoms with Crippen LogP contribution in [0.5, 0.6) is 5.75 Å². The van der Waals surface area contributed by atoms with E-state index in [4.69, 9.17) is 0 Å². The van der Waals surface area contributed by atoms with Gasteiger partial charge in [0.2, 0.25) is 5.91 Å². The van der Waals surface area contributed by atoms with Gasteiger partial charge in [-0.3, -0.25) is 9.69 Å². The second kappa shape index (κ2) is 7.93. The molecule has 0 bridgehead atoms. The highest BCUT2D eigenvalue weighted by atomic mass is 19.4. The number of amides is 1. The van der Waals surface area contributed by atoms with E-state index in [1.807, 2.05) is 6.42 Å². The molecule has 1 saturated carbocycles. The molecule has 2 atom stereocenters. The van der Waals surface area contributed by atoms with Gasteiger partial charge >= 0.3 is 6.36 Å². The number of carbonyl (C=O) groups is 1. The molecule has 7 heteroatoms. The van der Waals surface area contributed by atoms with Gasteiger partial charge in [0.05, 0.1) is 6.54 Å². The van der Waals surface area contributed by atoms with Crippen molar-refractivity contribution >= 4 is 5.91 Å². The average Bonchev–Trinajstić information content (AvgIpc) is 3.01. The maximum Gasteiger partial charge on any atom is 0.573 e. The Morgan fingerprint density at radius 3 is 2.54 bits per heavy atom.